The quantitative estimate of drug-likeness (QED) is 0.287. The van der Waals surface area contributed by atoms with Crippen LogP contribution in [0.25, 0.3) is 0 Å². The summed E-state index contributed by atoms with van der Waals surface area (Å²) in [6.45, 7) is 7.55. The monoisotopic (exact) mass is 740 g/mol. The summed E-state index contributed by atoms with van der Waals surface area (Å²) in [7, 11) is 0. The van der Waals surface area contributed by atoms with E-state index < -0.39 is 2.14 Å². The number of halogens is 6. The molecule has 2 aromatic carbocycles. The number of phenolic OH excluding ortho intramolecular Hbond substituents is 2. The summed E-state index contributed by atoms with van der Waals surface area (Å²) >= 11 is 20.6. The fourth-order valence-electron chi connectivity index (χ4n) is 2.28. The first-order valence-corrected chi connectivity index (χ1v) is 12.5. The summed E-state index contributed by atoms with van der Waals surface area (Å²) in [5.41, 5.74) is 5.67. The molecule has 0 fully saturated rings. The normalized spacial score (nSPS) is 11.2. The average molecular weight is 746 g/mol. The van der Waals surface area contributed by atoms with Crippen molar-refractivity contribution in [2.24, 2.45) is 0 Å². The predicted octanol–water partition coefficient (Wildman–Crippen LogP) is 8.73. The molecule has 2 nitrogen and oxygen atoms in total. The van der Waals surface area contributed by atoms with Crippen LogP contribution >= 0.6 is 95.6 Å². The molecule has 0 aliphatic carbocycles. The SMILES string of the molecule is Cc1c(O)c(C)c(Br)c(CBr)c1Br.Cc1cc(C(Br)(Br)Br)cc(C)c1O. The Morgan fingerprint density at radius 3 is 1.50 bits per heavy atom. The van der Waals surface area contributed by atoms with Crippen molar-refractivity contribution in [3.63, 3.8) is 0 Å². The lowest BCUT2D eigenvalue weighted by molar-refractivity contribution is 0.465. The molecule has 0 amide bonds. The third kappa shape index (κ3) is 5.96. The first-order chi connectivity index (χ1) is 11.8. The van der Waals surface area contributed by atoms with Crippen LogP contribution in [0.15, 0.2) is 21.1 Å². The van der Waals surface area contributed by atoms with E-state index >= 15 is 0 Å². The van der Waals surface area contributed by atoms with Crippen molar-refractivity contribution in [1.82, 2.24) is 0 Å². The molecule has 0 spiro atoms. The lowest BCUT2D eigenvalue weighted by atomic mass is 10.1. The zero-order chi connectivity index (χ0) is 20.4. The standard InChI is InChI=1S/2C9H9Br3O/c1-5-3-7(9(10,11)12)4-6(2)8(5)13;1-4-7(11)6(3-10)8(12)5(2)9(4)13/h3-4,13H,1-2H3;13H,3H2,1-2H3. The number of aryl methyl sites for hydroxylation is 2. The summed E-state index contributed by atoms with van der Waals surface area (Å²) in [6, 6.07) is 3.83. The maximum Gasteiger partial charge on any atom is 0.159 e. The molecule has 2 N–H and O–H groups in total. The van der Waals surface area contributed by atoms with Crippen molar-refractivity contribution in [3.05, 3.63) is 54.5 Å². The van der Waals surface area contributed by atoms with Crippen LogP contribution in [0.3, 0.4) is 0 Å². The second-order valence-electron chi connectivity index (χ2n) is 5.80. The number of alkyl halides is 4. The summed E-state index contributed by atoms with van der Waals surface area (Å²) in [4.78, 5) is 0. The van der Waals surface area contributed by atoms with Gasteiger partial charge in [0.1, 0.15) is 11.5 Å². The maximum absolute atomic E-state index is 9.71. The third-order valence-electron chi connectivity index (χ3n) is 3.85. The number of hydrogen-bond acceptors (Lipinski definition) is 2. The van der Waals surface area contributed by atoms with Crippen LogP contribution in [-0.2, 0) is 7.47 Å². The molecule has 0 aliphatic rings. The zero-order valence-corrected chi connectivity index (χ0v) is 24.0. The van der Waals surface area contributed by atoms with Crippen molar-refractivity contribution >= 4 is 95.6 Å². The van der Waals surface area contributed by atoms with Crippen molar-refractivity contribution in [2.75, 3.05) is 0 Å². The number of phenols is 2. The van der Waals surface area contributed by atoms with Gasteiger partial charge in [-0.25, -0.2) is 0 Å². The summed E-state index contributed by atoms with van der Waals surface area (Å²) in [5, 5.41) is 20.0. The number of aromatic hydroxyl groups is 2. The molecule has 0 saturated heterocycles. The molecule has 2 aromatic rings. The van der Waals surface area contributed by atoms with Gasteiger partial charge in [0.05, 0.1) is 0 Å². The molecular weight excluding hydrogens is 728 g/mol. The van der Waals surface area contributed by atoms with E-state index in [0.29, 0.717) is 11.5 Å². The van der Waals surface area contributed by atoms with E-state index in [9.17, 15) is 10.2 Å². The van der Waals surface area contributed by atoms with Gasteiger partial charge in [-0.05, 0) is 62.1 Å². The fourth-order valence-corrected chi connectivity index (χ4v) is 5.59. The van der Waals surface area contributed by atoms with E-state index in [0.717, 1.165) is 47.7 Å². The molecule has 0 aromatic heterocycles. The second kappa shape index (κ2) is 10.1. The summed E-state index contributed by atoms with van der Waals surface area (Å²) in [5.74, 6) is 0.712. The van der Waals surface area contributed by atoms with E-state index in [1.807, 2.05) is 39.8 Å². The Kier molecular flexibility index (Phi) is 9.70. The lowest BCUT2D eigenvalue weighted by Crippen LogP contribution is -1.99. The van der Waals surface area contributed by atoms with Crippen LogP contribution < -0.4 is 0 Å². The van der Waals surface area contributed by atoms with Gasteiger partial charge in [-0.15, -0.1) is 0 Å². The third-order valence-corrected chi connectivity index (χ3v) is 7.93. The molecule has 0 unspecified atom stereocenters. The van der Waals surface area contributed by atoms with E-state index in [-0.39, 0.29) is 0 Å². The highest BCUT2D eigenvalue weighted by atomic mass is 80.0. The van der Waals surface area contributed by atoms with Crippen LogP contribution in [-0.4, -0.2) is 10.2 Å². The van der Waals surface area contributed by atoms with Crippen LogP contribution in [0.1, 0.15) is 33.4 Å². The molecule has 0 heterocycles. The minimum Gasteiger partial charge on any atom is -0.507 e. The zero-order valence-electron chi connectivity index (χ0n) is 14.5. The minimum absolute atomic E-state index is 0.350. The number of benzene rings is 2. The smallest absolute Gasteiger partial charge is 0.159 e. The molecule has 2 rings (SSSR count). The van der Waals surface area contributed by atoms with Gasteiger partial charge in [-0.3, -0.25) is 0 Å². The van der Waals surface area contributed by atoms with Crippen molar-refractivity contribution < 1.29 is 10.2 Å². The maximum atomic E-state index is 9.71. The molecule has 8 heteroatoms. The Morgan fingerprint density at radius 2 is 1.19 bits per heavy atom. The van der Waals surface area contributed by atoms with Gasteiger partial charge in [-0.2, -0.15) is 0 Å². The molecule has 144 valence electrons. The summed E-state index contributed by atoms with van der Waals surface area (Å²) in [6.07, 6.45) is 0. The van der Waals surface area contributed by atoms with E-state index in [1.165, 1.54) is 0 Å². The Balaban J connectivity index is 0.000000260. The molecule has 0 saturated carbocycles. The lowest BCUT2D eigenvalue weighted by Gasteiger charge is -2.15. The van der Waals surface area contributed by atoms with Crippen LogP contribution in [0.4, 0.5) is 0 Å². The fraction of sp³-hybridized carbons (Fsp3) is 0.333. The van der Waals surface area contributed by atoms with Gasteiger partial charge in [0.2, 0.25) is 0 Å². The van der Waals surface area contributed by atoms with E-state index in [2.05, 4.69) is 95.6 Å². The highest BCUT2D eigenvalue weighted by Crippen LogP contribution is 2.45. The average Bonchev–Trinajstić information content (AvgIpc) is 2.56. The van der Waals surface area contributed by atoms with Crippen molar-refractivity contribution in [1.29, 1.82) is 0 Å². The van der Waals surface area contributed by atoms with E-state index in [1.54, 1.807) is 0 Å². The van der Waals surface area contributed by atoms with Gasteiger partial charge in [0.25, 0.3) is 0 Å². The van der Waals surface area contributed by atoms with Gasteiger partial charge >= 0.3 is 0 Å². The molecule has 0 atom stereocenters. The van der Waals surface area contributed by atoms with Gasteiger partial charge in [0, 0.05) is 25.4 Å². The number of hydrogen-bond donors (Lipinski definition) is 2. The van der Waals surface area contributed by atoms with Crippen LogP contribution in [0, 0.1) is 27.7 Å². The first-order valence-electron chi connectivity index (χ1n) is 7.42. The highest BCUT2D eigenvalue weighted by Gasteiger charge is 2.22. The molecular formula is C18H18Br6O2. The Labute approximate surface area is 204 Å². The van der Waals surface area contributed by atoms with E-state index in [4.69, 9.17) is 0 Å². The molecule has 26 heavy (non-hydrogen) atoms. The predicted molar refractivity (Wildman–Crippen MR) is 132 cm³/mol. The second-order valence-corrected chi connectivity index (χ2v) is 14.7. The van der Waals surface area contributed by atoms with Crippen LogP contribution in [0.5, 0.6) is 11.5 Å². The van der Waals surface area contributed by atoms with Crippen molar-refractivity contribution in [3.8, 4) is 11.5 Å². The van der Waals surface area contributed by atoms with Gasteiger partial charge < -0.3 is 10.2 Å². The highest BCUT2D eigenvalue weighted by molar-refractivity contribution is 9.38. The van der Waals surface area contributed by atoms with Crippen molar-refractivity contribution in [2.45, 2.75) is 35.2 Å². The number of rotatable bonds is 1. The first kappa shape index (κ1) is 25.0. The summed E-state index contributed by atoms with van der Waals surface area (Å²) < 4.78 is 1.51. The Bertz CT molecular complexity index is 760. The Morgan fingerprint density at radius 1 is 0.808 bits per heavy atom. The molecule has 0 radical (unpaired) electrons. The van der Waals surface area contributed by atoms with Gasteiger partial charge in [-0.1, -0.05) is 95.6 Å². The topological polar surface area (TPSA) is 40.5 Å². The molecule has 0 bridgehead atoms. The largest absolute Gasteiger partial charge is 0.507 e. The van der Waals surface area contributed by atoms with Crippen LogP contribution in [0.2, 0.25) is 0 Å². The minimum atomic E-state index is -0.407. The molecule has 0 aliphatic heterocycles. The van der Waals surface area contributed by atoms with Gasteiger partial charge in [0.15, 0.2) is 2.14 Å². The Hall–Kier alpha value is 0.920.